The minimum atomic E-state index is -3.67. The second-order valence-corrected chi connectivity index (χ2v) is 10.3. The summed E-state index contributed by atoms with van der Waals surface area (Å²) < 4.78 is 40.4. The second kappa shape index (κ2) is 7.88. The molecular formula is C19H22N2O4S3. The van der Waals surface area contributed by atoms with Crippen LogP contribution >= 0.6 is 23.6 Å². The maximum Gasteiger partial charge on any atom is 0.271 e. The average Bonchev–Trinajstić information content (AvgIpc) is 3.30. The van der Waals surface area contributed by atoms with Gasteiger partial charge in [-0.05, 0) is 67.9 Å². The minimum absolute atomic E-state index is 0.0935. The van der Waals surface area contributed by atoms with Crippen molar-refractivity contribution in [2.75, 3.05) is 10.0 Å². The number of hydrogen-bond donors (Lipinski definition) is 2. The summed E-state index contributed by atoms with van der Waals surface area (Å²) in [5, 5.41) is 5.14. The summed E-state index contributed by atoms with van der Waals surface area (Å²) in [7, 11) is -3.67. The molecule has 2 aromatic rings. The normalized spacial score (nSPS) is 20.0. The summed E-state index contributed by atoms with van der Waals surface area (Å²) in [5.41, 5.74) is 2.16. The average molecular weight is 439 g/mol. The Morgan fingerprint density at radius 2 is 2.11 bits per heavy atom. The van der Waals surface area contributed by atoms with Gasteiger partial charge in [-0.1, -0.05) is 6.07 Å². The highest BCUT2D eigenvalue weighted by molar-refractivity contribution is 7.94. The van der Waals surface area contributed by atoms with E-state index in [2.05, 4.69) is 10.0 Å². The Bertz CT molecular complexity index is 967. The van der Waals surface area contributed by atoms with Gasteiger partial charge in [0.2, 0.25) is 0 Å². The van der Waals surface area contributed by atoms with Gasteiger partial charge in [0.15, 0.2) is 0 Å². The van der Waals surface area contributed by atoms with Crippen LogP contribution in [0.5, 0.6) is 5.75 Å². The lowest BCUT2D eigenvalue weighted by Crippen LogP contribution is -2.17. The molecule has 2 heterocycles. The molecule has 0 amide bonds. The third-order valence-corrected chi connectivity index (χ3v) is 7.82. The largest absolute Gasteiger partial charge is 0.488 e. The molecule has 1 aromatic heterocycles. The van der Waals surface area contributed by atoms with E-state index in [4.69, 9.17) is 21.7 Å². The first kappa shape index (κ1) is 19.5. The number of fused-ring (bicyclic) bond motifs is 1. The fourth-order valence-electron chi connectivity index (χ4n) is 3.56. The third-order valence-electron chi connectivity index (χ3n) is 4.86. The first-order valence-corrected chi connectivity index (χ1v) is 12.1. The van der Waals surface area contributed by atoms with Gasteiger partial charge in [0.25, 0.3) is 15.2 Å². The molecule has 4 rings (SSSR count). The standard InChI is InChI=1S/C19H22N2O4S3/c1-12-9-13-10-16(21-28(22,23)18-7-4-8-27-18)17(25-14-5-2-3-6-14)11-15(13)20-19(26)24-12/h4,7-8,10-12,14,21H,2-3,5-6,9H2,1H3,(H,20,26). The van der Waals surface area contributed by atoms with Crippen LogP contribution in [0.3, 0.4) is 0 Å². The zero-order chi connectivity index (χ0) is 19.7. The molecule has 1 aromatic carbocycles. The number of anilines is 2. The first-order valence-electron chi connectivity index (χ1n) is 9.28. The van der Waals surface area contributed by atoms with Crippen LogP contribution in [-0.2, 0) is 21.2 Å². The van der Waals surface area contributed by atoms with Crippen LogP contribution in [0.1, 0.15) is 38.2 Å². The minimum Gasteiger partial charge on any atom is -0.488 e. The molecule has 0 bridgehead atoms. The Morgan fingerprint density at radius 3 is 2.82 bits per heavy atom. The van der Waals surface area contributed by atoms with Crippen LogP contribution < -0.4 is 14.8 Å². The van der Waals surface area contributed by atoms with Crippen LogP contribution in [0.15, 0.2) is 33.9 Å². The molecule has 28 heavy (non-hydrogen) atoms. The summed E-state index contributed by atoms with van der Waals surface area (Å²) in [4.78, 5) is 0. The van der Waals surface area contributed by atoms with Gasteiger partial charge in [0, 0.05) is 18.2 Å². The highest BCUT2D eigenvalue weighted by Gasteiger charge is 2.25. The van der Waals surface area contributed by atoms with Crippen molar-refractivity contribution < 1.29 is 17.9 Å². The van der Waals surface area contributed by atoms with Crippen molar-refractivity contribution in [1.29, 1.82) is 0 Å². The van der Waals surface area contributed by atoms with E-state index >= 15 is 0 Å². The fourth-order valence-corrected chi connectivity index (χ4v) is 5.89. The fraction of sp³-hybridized carbons (Fsp3) is 0.421. The Kier molecular flexibility index (Phi) is 5.48. The summed E-state index contributed by atoms with van der Waals surface area (Å²) in [6, 6.07) is 6.96. The highest BCUT2D eigenvalue weighted by atomic mass is 32.2. The molecule has 9 heteroatoms. The number of sulfonamides is 1. The van der Waals surface area contributed by atoms with E-state index in [0.29, 0.717) is 23.0 Å². The van der Waals surface area contributed by atoms with Crippen LogP contribution in [0, 0.1) is 0 Å². The number of thiophene rings is 1. The van der Waals surface area contributed by atoms with Crippen molar-refractivity contribution >= 4 is 50.1 Å². The van der Waals surface area contributed by atoms with Crippen molar-refractivity contribution in [3.05, 3.63) is 35.2 Å². The molecule has 6 nitrogen and oxygen atoms in total. The second-order valence-electron chi connectivity index (χ2n) is 7.11. The van der Waals surface area contributed by atoms with E-state index in [0.717, 1.165) is 36.9 Å². The Labute approximate surface area is 174 Å². The smallest absolute Gasteiger partial charge is 0.271 e. The molecule has 1 atom stereocenters. The molecule has 2 aliphatic rings. The molecule has 2 N–H and O–H groups in total. The van der Waals surface area contributed by atoms with Gasteiger partial charge in [-0.25, -0.2) is 8.42 Å². The number of rotatable bonds is 5. The van der Waals surface area contributed by atoms with E-state index in [-0.39, 0.29) is 16.4 Å². The third kappa shape index (κ3) is 4.26. The molecule has 1 aliphatic heterocycles. The van der Waals surface area contributed by atoms with Crippen LogP contribution in [0.2, 0.25) is 0 Å². The first-order chi connectivity index (χ1) is 13.4. The molecule has 0 radical (unpaired) electrons. The summed E-state index contributed by atoms with van der Waals surface area (Å²) in [6.07, 6.45) is 4.79. The van der Waals surface area contributed by atoms with E-state index in [1.54, 1.807) is 17.5 Å². The number of nitrogens with one attached hydrogen (secondary N) is 2. The monoisotopic (exact) mass is 438 g/mol. The van der Waals surface area contributed by atoms with Crippen molar-refractivity contribution in [1.82, 2.24) is 0 Å². The van der Waals surface area contributed by atoms with Gasteiger partial charge in [0.05, 0.1) is 11.8 Å². The van der Waals surface area contributed by atoms with Crippen molar-refractivity contribution in [2.24, 2.45) is 0 Å². The Hall–Kier alpha value is -1.84. The predicted molar refractivity (Wildman–Crippen MR) is 115 cm³/mol. The van der Waals surface area contributed by atoms with Gasteiger partial charge in [0.1, 0.15) is 16.1 Å². The maximum atomic E-state index is 12.8. The van der Waals surface area contributed by atoms with Crippen LogP contribution in [-0.4, -0.2) is 25.8 Å². The Balaban J connectivity index is 1.72. The topological polar surface area (TPSA) is 76.7 Å². The molecule has 150 valence electrons. The summed E-state index contributed by atoms with van der Waals surface area (Å²) in [6.45, 7) is 1.93. The lowest BCUT2D eigenvalue weighted by atomic mass is 10.1. The van der Waals surface area contributed by atoms with Gasteiger partial charge in [-0.3, -0.25) is 4.72 Å². The number of benzene rings is 1. The molecule has 1 saturated carbocycles. The quantitative estimate of drug-likeness (QED) is 0.668. The number of ether oxygens (including phenoxy) is 2. The lowest BCUT2D eigenvalue weighted by Gasteiger charge is -2.20. The van der Waals surface area contributed by atoms with Gasteiger partial charge >= 0.3 is 0 Å². The van der Waals surface area contributed by atoms with Gasteiger partial charge in [-0.15, -0.1) is 11.3 Å². The van der Waals surface area contributed by atoms with Crippen LogP contribution in [0.25, 0.3) is 0 Å². The highest BCUT2D eigenvalue weighted by Crippen LogP contribution is 2.38. The molecule has 1 fully saturated rings. The molecule has 1 aliphatic carbocycles. The molecule has 0 spiro atoms. The summed E-state index contributed by atoms with van der Waals surface area (Å²) >= 11 is 6.40. The molecule has 0 saturated heterocycles. The SMILES string of the molecule is CC1Cc2cc(NS(=O)(=O)c3cccs3)c(OC3CCCC3)cc2NC(=S)O1. The number of thiocarbonyl (C=S) groups is 1. The van der Waals surface area contributed by atoms with E-state index < -0.39 is 10.0 Å². The van der Waals surface area contributed by atoms with E-state index in [1.807, 2.05) is 19.1 Å². The van der Waals surface area contributed by atoms with Gasteiger partial charge in [-0.2, -0.15) is 0 Å². The van der Waals surface area contributed by atoms with E-state index in [9.17, 15) is 8.42 Å². The molecule has 1 unspecified atom stereocenters. The van der Waals surface area contributed by atoms with Crippen molar-refractivity contribution in [2.45, 2.75) is 55.4 Å². The lowest BCUT2D eigenvalue weighted by molar-refractivity contribution is 0.211. The number of hydrogen-bond acceptors (Lipinski definition) is 6. The maximum absolute atomic E-state index is 12.8. The van der Waals surface area contributed by atoms with Crippen molar-refractivity contribution in [3.63, 3.8) is 0 Å². The molecular weight excluding hydrogens is 416 g/mol. The van der Waals surface area contributed by atoms with E-state index in [1.165, 1.54) is 11.3 Å². The zero-order valence-electron chi connectivity index (χ0n) is 15.4. The van der Waals surface area contributed by atoms with Crippen LogP contribution in [0.4, 0.5) is 11.4 Å². The zero-order valence-corrected chi connectivity index (χ0v) is 17.9. The predicted octanol–water partition coefficient (Wildman–Crippen LogP) is 4.53. The Morgan fingerprint density at radius 1 is 1.32 bits per heavy atom. The van der Waals surface area contributed by atoms with Crippen molar-refractivity contribution in [3.8, 4) is 5.75 Å². The van der Waals surface area contributed by atoms with Gasteiger partial charge < -0.3 is 14.8 Å². The summed E-state index contributed by atoms with van der Waals surface area (Å²) in [5.74, 6) is 0.510.